The lowest BCUT2D eigenvalue weighted by molar-refractivity contribution is -0.125. The molecule has 6 heteroatoms. The number of amides is 2. The number of fused-ring (bicyclic) bond motifs is 1. The highest BCUT2D eigenvalue weighted by Gasteiger charge is 2.36. The first kappa shape index (κ1) is 24.3. The number of nitrogens with zero attached hydrogens (tertiary/aromatic N) is 1. The molecule has 1 aliphatic rings. The van der Waals surface area contributed by atoms with Gasteiger partial charge in [0.2, 0.25) is 5.91 Å². The number of nitrogens with one attached hydrogen (secondary N) is 1. The standard InChI is InChI=1S/C29H32N2O4/c1-3-34-26-15-14-22(19-27(26)35-4-2)16-17-30-28(32)25(18-21-10-6-5-7-11-21)31-20-23-12-8-9-13-24(23)29(31)33/h5-15,19,25H,3-4,16-18,20H2,1-2H3,(H,30,32)/t25-/m0/s1. The van der Waals surface area contributed by atoms with Crippen LogP contribution in [0.3, 0.4) is 0 Å². The number of carbonyl (C=O) groups excluding carboxylic acids is 2. The summed E-state index contributed by atoms with van der Waals surface area (Å²) in [5.41, 5.74) is 3.70. The van der Waals surface area contributed by atoms with Crippen LogP contribution < -0.4 is 14.8 Å². The number of hydrogen-bond acceptors (Lipinski definition) is 4. The second-order valence-electron chi connectivity index (χ2n) is 8.48. The molecule has 0 saturated carbocycles. The maximum atomic E-state index is 13.4. The molecule has 0 saturated heterocycles. The summed E-state index contributed by atoms with van der Waals surface area (Å²) in [6, 6.07) is 22.7. The highest BCUT2D eigenvalue weighted by atomic mass is 16.5. The fourth-order valence-corrected chi connectivity index (χ4v) is 4.41. The molecule has 2 amide bonds. The predicted molar refractivity (Wildman–Crippen MR) is 136 cm³/mol. The molecular formula is C29H32N2O4. The van der Waals surface area contributed by atoms with Crippen molar-refractivity contribution in [2.24, 2.45) is 0 Å². The highest BCUT2D eigenvalue weighted by Crippen LogP contribution is 2.29. The summed E-state index contributed by atoms with van der Waals surface area (Å²) in [6.07, 6.45) is 1.11. The van der Waals surface area contributed by atoms with Crippen LogP contribution in [-0.2, 0) is 24.2 Å². The lowest BCUT2D eigenvalue weighted by atomic mass is 10.0. The van der Waals surface area contributed by atoms with E-state index < -0.39 is 6.04 Å². The largest absolute Gasteiger partial charge is 0.490 e. The van der Waals surface area contributed by atoms with E-state index in [1.54, 1.807) is 4.90 Å². The third-order valence-corrected chi connectivity index (χ3v) is 6.12. The first-order chi connectivity index (χ1) is 17.1. The molecular weight excluding hydrogens is 440 g/mol. The van der Waals surface area contributed by atoms with Crippen molar-refractivity contribution in [2.45, 2.75) is 39.3 Å². The van der Waals surface area contributed by atoms with E-state index in [0.29, 0.717) is 50.5 Å². The quantitative estimate of drug-likeness (QED) is 0.449. The number of carbonyl (C=O) groups is 2. The smallest absolute Gasteiger partial charge is 0.255 e. The third-order valence-electron chi connectivity index (χ3n) is 6.12. The molecule has 0 unspecified atom stereocenters. The van der Waals surface area contributed by atoms with Crippen molar-refractivity contribution < 1.29 is 19.1 Å². The minimum atomic E-state index is -0.586. The third kappa shape index (κ3) is 5.83. The van der Waals surface area contributed by atoms with Crippen LogP contribution in [-0.4, -0.2) is 42.5 Å². The van der Waals surface area contributed by atoms with Crippen molar-refractivity contribution >= 4 is 11.8 Å². The van der Waals surface area contributed by atoms with Gasteiger partial charge in [-0.1, -0.05) is 54.6 Å². The average molecular weight is 473 g/mol. The van der Waals surface area contributed by atoms with E-state index in [4.69, 9.17) is 9.47 Å². The minimum absolute atomic E-state index is 0.0930. The topological polar surface area (TPSA) is 67.9 Å². The van der Waals surface area contributed by atoms with Crippen LogP contribution in [0.2, 0.25) is 0 Å². The lowest BCUT2D eigenvalue weighted by Crippen LogP contribution is -2.48. The van der Waals surface area contributed by atoms with Crippen LogP contribution in [0.5, 0.6) is 11.5 Å². The molecule has 4 rings (SSSR count). The summed E-state index contributed by atoms with van der Waals surface area (Å²) in [5.74, 6) is 1.19. The average Bonchev–Trinajstić information content (AvgIpc) is 3.21. The second kappa shape index (κ2) is 11.6. The maximum Gasteiger partial charge on any atom is 0.255 e. The van der Waals surface area contributed by atoms with Gasteiger partial charge >= 0.3 is 0 Å². The number of hydrogen-bond donors (Lipinski definition) is 1. The van der Waals surface area contributed by atoms with Crippen LogP contribution in [0.25, 0.3) is 0 Å². The zero-order valence-electron chi connectivity index (χ0n) is 20.3. The van der Waals surface area contributed by atoms with Gasteiger partial charge in [-0.2, -0.15) is 0 Å². The van der Waals surface area contributed by atoms with Crippen molar-refractivity contribution in [3.63, 3.8) is 0 Å². The Hall–Kier alpha value is -3.80. The molecule has 0 bridgehead atoms. The van der Waals surface area contributed by atoms with Crippen molar-refractivity contribution in [1.82, 2.24) is 10.2 Å². The molecule has 35 heavy (non-hydrogen) atoms. The van der Waals surface area contributed by atoms with E-state index in [0.717, 1.165) is 22.4 Å². The second-order valence-corrected chi connectivity index (χ2v) is 8.48. The molecule has 0 aliphatic carbocycles. The van der Waals surface area contributed by atoms with Crippen LogP contribution in [0.4, 0.5) is 0 Å². The molecule has 3 aromatic carbocycles. The summed E-state index contributed by atoms with van der Waals surface area (Å²) in [7, 11) is 0. The Morgan fingerprint density at radius 1 is 0.914 bits per heavy atom. The van der Waals surface area contributed by atoms with Crippen LogP contribution in [0, 0.1) is 0 Å². The molecule has 1 heterocycles. The molecule has 1 aliphatic heterocycles. The summed E-state index contributed by atoms with van der Waals surface area (Å²) < 4.78 is 11.4. The number of benzene rings is 3. The normalized spacial score (nSPS) is 13.3. The molecule has 0 aromatic heterocycles. The summed E-state index contributed by atoms with van der Waals surface area (Å²) in [4.78, 5) is 28.2. The van der Waals surface area contributed by atoms with Crippen LogP contribution in [0.15, 0.2) is 72.8 Å². The Labute approximate surface area is 206 Å². The minimum Gasteiger partial charge on any atom is -0.490 e. The van der Waals surface area contributed by atoms with Crippen molar-refractivity contribution in [3.05, 3.63) is 95.1 Å². The zero-order chi connectivity index (χ0) is 24.6. The van der Waals surface area contributed by atoms with Gasteiger partial charge in [0.1, 0.15) is 6.04 Å². The molecule has 0 fully saturated rings. The van der Waals surface area contributed by atoms with Gasteiger partial charge in [0.05, 0.1) is 13.2 Å². The van der Waals surface area contributed by atoms with Gasteiger partial charge in [-0.25, -0.2) is 0 Å². The molecule has 1 N–H and O–H groups in total. The Bertz CT molecular complexity index is 1160. The van der Waals surface area contributed by atoms with Gasteiger partial charge in [-0.3, -0.25) is 9.59 Å². The van der Waals surface area contributed by atoms with E-state index in [-0.39, 0.29) is 11.8 Å². The van der Waals surface area contributed by atoms with E-state index in [1.165, 1.54) is 0 Å². The van der Waals surface area contributed by atoms with E-state index in [1.807, 2.05) is 86.6 Å². The maximum absolute atomic E-state index is 13.4. The van der Waals surface area contributed by atoms with E-state index in [2.05, 4.69) is 5.32 Å². The SMILES string of the molecule is CCOc1ccc(CCNC(=O)[C@H](Cc2ccccc2)N2Cc3ccccc3C2=O)cc1OCC. The summed E-state index contributed by atoms with van der Waals surface area (Å²) >= 11 is 0. The fraction of sp³-hybridized carbons (Fsp3) is 0.310. The molecule has 0 spiro atoms. The first-order valence-electron chi connectivity index (χ1n) is 12.2. The van der Waals surface area contributed by atoms with Crippen molar-refractivity contribution in [1.29, 1.82) is 0 Å². The fourth-order valence-electron chi connectivity index (χ4n) is 4.41. The number of rotatable bonds is 11. The summed E-state index contributed by atoms with van der Waals surface area (Å²) in [6.45, 7) is 5.89. The number of ether oxygens (including phenoxy) is 2. The van der Waals surface area contributed by atoms with Gasteiger partial charge in [0, 0.05) is 25.1 Å². The molecule has 1 atom stereocenters. The molecule has 3 aromatic rings. The molecule has 182 valence electrons. The van der Waals surface area contributed by atoms with Gasteiger partial charge < -0.3 is 19.7 Å². The predicted octanol–water partition coefficient (Wildman–Crippen LogP) is 4.41. The van der Waals surface area contributed by atoms with Crippen LogP contribution in [0.1, 0.15) is 40.9 Å². The van der Waals surface area contributed by atoms with Crippen molar-refractivity contribution in [3.8, 4) is 11.5 Å². The zero-order valence-corrected chi connectivity index (χ0v) is 20.3. The van der Waals surface area contributed by atoms with E-state index in [9.17, 15) is 9.59 Å². The molecule has 0 radical (unpaired) electrons. The van der Waals surface area contributed by atoms with Gasteiger partial charge in [0.15, 0.2) is 11.5 Å². The van der Waals surface area contributed by atoms with Crippen molar-refractivity contribution in [2.75, 3.05) is 19.8 Å². The Balaban J connectivity index is 1.45. The Morgan fingerprint density at radius 2 is 1.63 bits per heavy atom. The van der Waals surface area contributed by atoms with Gasteiger partial charge in [-0.15, -0.1) is 0 Å². The highest BCUT2D eigenvalue weighted by molar-refractivity contribution is 6.01. The van der Waals surface area contributed by atoms with Crippen LogP contribution >= 0.6 is 0 Å². The first-order valence-corrected chi connectivity index (χ1v) is 12.2. The van der Waals surface area contributed by atoms with E-state index >= 15 is 0 Å². The Kier molecular flexibility index (Phi) is 8.03. The van der Waals surface area contributed by atoms with Gasteiger partial charge in [0.25, 0.3) is 5.91 Å². The lowest BCUT2D eigenvalue weighted by Gasteiger charge is -2.27. The Morgan fingerprint density at radius 3 is 2.37 bits per heavy atom. The molecule has 6 nitrogen and oxygen atoms in total. The summed E-state index contributed by atoms with van der Waals surface area (Å²) in [5, 5.41) is 3.06. The van der Waals surface area contributed by atoms with Gasteiger partial charge in [-0.05, 0) is 55.2 Å². The monoisotopic (exact) mass is 472 g/mol.